The fourth-order valence-electron chi connectivity index (χ4n) is 2.98. The number of hydrogen-bond donors (Lipinski definition) is 0. The van der Waals surface area contributed by atoms with Gasteiger partial charge in [0, 0.05) is 19.3 Å². The summed E-state index contributed by atoms with van der Waals surface area (Å²) in [5, 5.41) is 0. The van der Waals surface area contributed by atoms with Gasteiger partial charge in [-0.2, -0.15) is 0 Å². The van der Waals surface area contributed by atoms with E-state index in [-0.39, 0.29) is 18.8 Å². The van der Waals surface area contributed by atoms with Gasteiger partial charge in [0.15, 0.2) is 0 Å². The van der Waals surface area contributed by atoms with E-state index in [1.165, 1.54) is 17.0 Å². The third-order valence-corrected chi connectivity index (χ3v) is 4.10. The Morgan fingerprint density at radius 2 is 1.83 bits per heavy atom. The molecule has 2 aromatic rings. The summed E-state index contributed by atoms with van der Waals surface area (Å²) in [5.74, 6) is -0.885. The molecule has 0 unspecified atom stereocenters. The summed E-state index contributed by atoms with van der Waals surface area (Å²) in [7, 11) is 3.83. The lowest BCUT2D eigenvalue weighted by Gasteiger charge is -2.18. The Balaban J connectivity index is 1.71. The zero-order valence-corrected chi connectivity index (χ0v) is 15.8. The van der Waals surface area contributed by atoms with Gasteiger partial charge in [0.1, 0.15) is 12.3 Å². The number of carbonyl (C=O) groups excluding carboxylic acids is 2. The molecule has 10 heteroatoms. The molecule has 3 amide bonds. The summed E-state index contributed by atoms with van der Waals surface area (Å²) in [6.07, 6.45) is -3.17. The van der Waals surface area contributed by atoms with Crippen LogP contribution in [0.4, 0.5) is 23.7 Å². The minimum Gasteiger partial charge on any atom is -0.406 e. The molecule has 0 saturated carbocycles. The average Bonchev–Trinajstić information content (AvgIpc) is 2.88. The summed E-state index contributed by atoms with van der Waals surface area (Å²) in [6, 6.07) is 7.69. The molecule has 154 valence electrons. The second kappa shape index (κ2) is 8.08. The molecule has 7 nitrogen and oxygen atoms in total. The number of urea groups is 1. The minimum atomic E-state index is -4.81. The van der Waals surface area contributed by atoms with Gasteiger partial charge in [-0.3, -0.25) is 9.78 Å². The first-order valence-electron chi connectivity index (χ1n) is 8.68. The van der Waals surface area contributed by atoms with Crippen molar-refractivity contribution < 1.29 is 27.5 Å². The highest BCUT2D eigenvalue weighted by Crippen LogP contribution is 2.28. The second-order valence-corrected chi connectivity index (χ2v) is 6.80. The summed E-state index contributed by atoms with van der Waals surface area (Å²) in [4.78, 5) is 33.6. The highest BCUT2D eigenvalue weighted by Gasteiger charge is 2.37. The van der Waals surface area contributed by atoms with Crippen molar-refractivity contribution in [3.63, 3.8) is 0 Å². The normalized spacial score (nSPS) is 14.8. The predicted octanol–water partition coefficient (Wildman–Crippen LogP) is 3.01. The number of hydrogen-bond acceptors (Lipinski definition) is 5. The molecule has 0 aliphatic carbocycles. The standard InChI is InChI=1S/C19H19F3N4O3/c1-24(2)11-14-9-13(7-8-23-14)10-25-12-17(27)26(18(25)28)15-3-5-16(6-4-15)29-19(20,21)22/h3-9H,10-12H2,1-2H3. The van der Waals surface area contributed by atoms with Crippen LogP contribution in [-0.4, -0.2) is 53.7 Å². The van der Waals surface area contributed by atoms with Gasteiger partial charge in [0.25, 0.3) is 5.91 Å². The Labute approximate surface area is 165 Å². The maximum absolute atomic E-state index is 12.7. The van der Waals surface area contributed by atoms with Crippen LogP contribution in [0.2, 0.25) is 0 Å². The third-order valence-electron chi connectivity index (χ3n) is 4.10. The third kappa shape index (κ3) is 5.23. The lowest BCUT2D eigenvalue weighted by molar-refractivity contribution is -0.274. The molecule has 1 aliphatic heterocycles. The van der Waals surface area contributed by atoms with Crippen molar-refractivity contribution in [2.24, 2.45) is 0 Å². The molecule has 0 bridgehead atoms. The number of benzene rings is 1. The van der Waals surface area contributed by atoms with Crippen LogP contribution in [0.15, 0.2) is 42.6 Å². The highest BCUT2D eigenvalue weighted by molar-refractivity contribution is 6.19. The van der Waals surface area contributed by atoms with Gasteiger partial charge in [-0.1, -0.05) is 0 Å². The van der Waals surface area contributed by atoms with Crippen LogP contribution in [0.3, 0.4) is 0 Å². The van der Waals surface area contributed by atoms with E-state index in [0.717, 1.165) is 28.3 Å². The van der Waals surface area contributed by atoms with E-state index in [4.69, 9.17) is 0 Å². The molecule has 1 fully saturated rings. The molecule has 3 rings (SSSR count). The molecule has 1 aromatic heterocycles. The monoisotopic (exact) mass is 408 g/mol. The first kappa shape index (κ1) is 20.6. The Kier molecular flexibility index (Phi) is 5.73. The molecule has 1 saturated heterocycles. The van der Waals surface area contributed by atoms with E-state index < -0.39 is 24.1 Å². The molecule has 2 heterocycles. The molecule has 29 heavy (non-hydrogen) atoms. The van der Waals surface area contributed by atoms with Gasteiger partial charge in [0.2, 0.25) is 0 Å². The number of nitrogens with zero attached hydrogens (tertiary/aromatic N) is 4. The van der Waals surface area contributed by atoms with E-state index in [1.807, 2.05) is 25.1 Å². The van der Waals surface area contributed by atoms with E-state index in [1.54, 1.807) is 12.3 Å². The number of carbonyl (C=O) groups is 2. The van der Waals surface area contributed by atoms with E-state index in [2.05, 4.69) is 9.72 Å². The van der Waals surface area contributed by atoms with Gasteiger partial charge >= 0.3 is 12.4 Å². The highest BCUT2D eigenvalue weighted by atomic mass is 19.4. The maximum Gasteiger partial charge on any atom is 0.573 e. The molecule has 0 radical (unpaired) electrons. The number of ether oxygens (including phenoxy) is 1. The first-order chi connectivity index (χ1) is 13.6. The topological polar surface area (TPSA) is 66.0 Å². The van der Waals surface area contributed by atoms with Gasteiger partial charge < -0.3 is 14.5 Å². The molecule has 1 aliphatic rings. The maximum atomic E-state index is 12.7. The Hall–Kier alpha value is -3.14. The van der Waals surface area contributed by atoms with E-state index >= 15 is 0 Å². The number of halogens is 3. The van der Waals surface area contributed by atoms with Crippen LogP contribution >= 0.6 is 0 Å². The molecule has 0 atom stereocenters. The van der Waals surface area contributed by atoms with E-state index in [9.17, 15) is 22.8 Å². The molecular formula is C19H19F3N4O3. The van der Waals surface area contributed by atoms with Gasteiger partial charge in [-0.05, 0) is 56.1 Å². The van der Waals surface area contributed by atoms with Crippen LogP contribution < -0.4 is 9.64 Å². The van der Waals surface area contributed by atoms with Crippen LogP contribution in [0.5, 0.6) is 5.75 Å². The van der Waals surface area contributed by atoms with Crippen molar-refractivity contribution in [3.05, 3.63) is 53.9 Å². The largest absolute Gasteiger partial charge is 0.573 e. The molecule has 1 aromatic carbocycles. The number of pyridine rings is 1. The zero-order valence-electron chi connectivity index (χ0n) is 15.8. The van der Waals surface area contributed by atoms with Gasteiger partial charge in [-0.15, -0.1) is 13.2 Å². The molecule has 0 spiro atoms. The Bertz CT molecular complexity index is 900. The Morgan fingerprint density at radius 1 is 1.14 bits per heavy atom. The number of rotatable bonds is 6. The SMILES string of the molecule is CN(C)Cc1cc(CN2CC(=O)N(c3ccc(OC(F)(F)F)cc3)C2=O)ccn1. The second-order valence-electron chi connectivity index (χ2n) is 6.80. The van der Waals surface area contributed by atoms with Crippen LogP contribution in [0.1, 0.15) is 11.3 Å². The van der Waals surface area contributed by atoms with Gasteiger partial charge in [-0.25, -0.2) is 9.69 Å². The molecular weight excluding hydrogens is 389 g/mol. The Morgan fingerprint density at radius 3 is 2.45 bits per heavy atom. The summed E-state index contributed by atoms with van der Waals surface area (Å²) in [6.45, 7) is 0.740. The minimum absolute atomic E-state index is 0.120. The van der Waals surface area contributed by atoms with Crippen molar-refractivity contribution in [1.82, 2.24) is 14.8 Å². The predicted molar refractivity (Wildman–Crippen MR) is 98.0 cm³/mol. The zero-order chi connectivity index (χ0) is 21.2. The fourth-order valence-corrected chi connectivity index (χ4v) is 2.98. The van der Waals surface area contributed by atoms with Crippen LogP contribution in [0.25, 0.3) is 0 Å². The van der Waals surface area contributed by atoms with Crippen molar-refractivity contribution in [2.75, 3.05) is 25.5 Å². The van der Waals surface area contributed by atoms with Gasteiger partial charge in [0.05, 0.1) is 11.4 Å². The summed E-state index contributed by atoms with van der Waals surface area (Å²) >= 11 is 0. The lowest BCUT2D eigenvalue weighted by atomic mass is 10.2. The quantitative estimate of drug-likeness (QED) is 0.688. The van der Waals surface area contributed by atoms with Crippen molar-refractivity contribution in [2.45, 2.75) is 19.5 Å². The van der Waals surface area contributed by atoms with Crippen molar-refractivity contribution in [1.29, 1.82) is 0 Å². The van der Waals surface area contributed by atoms with Crippen LogP contribution in [0, 0.1) is 0 Å². The molecule has 0 N–H and O–H groups in total. The number of imide groups is 1. The number of anilines is 1. The average molecular weight is 408 g/mol. The first-order valence-corrected chi connectivity index (χ1v) is 8.68. The smallest absolute Gasteiger partial charge is 0.406 e. The fraction of sp³-hybridized carbons (Fsp3) is 0.316. The van der Waals surface area contributed by atoms with Crippen LogP contribution in [-0.2, 0) is 17.9 Å². The number of aromatic nitrogens is 1. The van der Waals surface area contributed by atoms with Crippen molar-refractivity contribution >= 4 is 17.6 Å². The number of alkyl halides is 3. The number of amides is 3. The summed E-state index contributed by atoms with van der Waals surface area (Å²) in [5.41, 5.74) is 1.84. The van der Waals surface area contributed by atoms with E-state index in [0.29, 0.717) is 6.54 Å². The van der Waals surface area contributed by atoms with Crippen molar-refractivity contribution in [3.8, 4) is 5.75 Å². The summed E-state index contributed by atoms with van der Waals surface area (Å²) < 4.78 is 40.6. The lowest BCUT2D eigenvalue weighted by Crippen LogP contribution is -2.32.